The van der Waals surface area contributed by atoms with Gasteiger partial charge < -0.3 is 5.32 Å². The lowest BCUT2D eigenvalue weighted by Gasteiger charge is -2.06. The van der Waals surface area contributed by atoms with Crippen LogP contribution in [0.5, 0.6) is 0 Å². The van der Waals surface area contributed by atoms with Gasteiger partial charge in [-0.25, -0.2) is 4.98 Å². The second-order valence-corrected chi connectivity index (χ2v) is 5.04. The number of rotatable bonds is 1. The highest BCUT2D eigenvalue weighted by molar-refractivity contribution is 7.16. The van der Waals surface area contributed by atoms with Crippen LogP contribution < -0.4 is 5.32 Å². The normalized spacial score (nSPS) is 21.3. The first-order chi connectivity index (χ1) is 7.34. The smallest absolute Gasteiger partial charge is 0.123 e. The molecule has 0 saturated carbocycles. The van der Waals surface area contributed by atoms with Gasteiger partial charge in [-0.05, 0) is 48.9 Å². The molecule has 1 N–H and O–H groups in total. The van der Waals surface area contributed by atoms with Gasteiger partial charge in [-0.1, -0.05) is 0 Å². The topological polar surface area (TPSA) is 24.9 Å². The van der Waals surface area contributed by atoms with Gasteiger partial charge in [-0.15, -0.1) is 11.3 Å². The molecule has 1 aliphatic heterocycles. The van der Waals surface area contributed by atoms with Crippen LogP contribution >= 0.6 is 11.3 Å². The highest BCUT2D eigenvalue weighted by atomic mass is 32.1. The summed E-state index contributed by atoms with van der Waals surface area (Å²) in [5.74, 6) is 0.697. The van der Waals surface area contributed by atoms with E-state index in [2.05, 4.69) is 34.7 Å². The minimum Gasteiger partial charge on any atom is -0.316 e. The third-order valence-corrected chi connectivity index (χ3v) is 4.01. The van der Waals surface area contributed by atoms with E-state index in [4.69, 9.17) is 0 Å². The molecule has 1 fully saturated rings. The number of aromatic nitrogens is 1. The number of hydrogen-bond acceptors (Lipinski definition) is 3. The van der Waals surface area contributed by atoms with E-state index in [0.29, 0.717) is 5.92 Å². The van der Waals surface area contributed by atoms with E-state index in [0.717, 1.165) is 18.8 Å². The van der Waals surface area contributed by atoms with E-state index >= 15 is 0 Å². The van der Waals surface area contributed by atoms with Gasteiger partial charge in [0.1, 0.15) is 4.83 Å². The van der Waals surface area contributed by atoms with Crippen LogP contribution in [0.3, 0.4) is 0 Å². The van der Waals surface area contributed by atoms with Crippen molar-refractivity contribution in [2.45, 2.75) is 19.3 Å². The first kappa shape index (κ1) is 9.31. The van der Waals surface area contributed by atoms with Gasteiger partial charge in [0.25, 0.3) is 0 Å². The van der Waals surface area contributed by atoms with Crippen LogP contribution in [0, 0.1) is 6.92 Å². The summed E-state index contributed by atoms with van der Waals surface area (Å²) in [5, 5.41) is 7.07. The summed E-state index contributed by atoms with van der Waals surface area (Å²) < 4.78 is 0. The number of pyridine rings is 1. The molecule has 1 aliphatic rings. The second-order valence-electron chi connectivity index (χ2n) is 4.19. The highest BCUT2D eigenvalue weighted by Crippen LogP contribution is 2.33. The largest absolute Gasteiger partial charge is 0.316 e. The Bertz CT molecular complexity index is 483. The Morgan fingerprint density at radius 3 is 3.20 bits per heavy atom. The fourth-order valence-electron chi connectivity index (χ4n) is 2.26. The molecular weight excluding hydrogens is 204 g/mol. The zero-order valence-electron chi connectivity index (χ0n) is 8.79. The number of hydrogen-bond donors (Lipinski definition) is 1. The SMILES string of the molecule is Cc1ccc2c(C3CCNC3)csc2n1. The standard InChI is InChI=1S/C12H14N2S/c1-8-2-3-10-11(7-15-12(10)14-8)9-4-5-13-6-9/h2-3,7,9,13H,4-6H2,1H3. The molecular formula is C12H14N2S. The molecule has 0 amide bonds. The van der Waals surface area contributed by atoms with Gasteiger partial charge in [-0.3, -0.25) is 0 Å². The predicted molar refractivity (Wildman–Crippen MR) is 64.6 cm³/mol. The van der Waals surface area contributed by atoms with E-state index in [1.807, 2.05) is 0 Å². The van der Waals surface area contributed by atoms with Crippen LogP contribution in [0.15, 0.2) is 17.5 Å². The lowest BCUT2D eigenvalue weighted by molar-refractivity contribution is 0.772. The Labute approximate surface area is 93.3 Å². The van der Waals surface area contributed by atoms with Crippen LogP contribution in [-0.4, -0.2) is 18.1 Å². The van der Waals surface area contributed by atoms with Crippen LogP contribution in [0.25, 0.3) is 10.2 Å². The van der Waals surface area contributed by atoms with E-state index in [1.54, 1.807) is 11.3 Å². The summed E-state index contributed by atoms with van der Waals surface area (Å²) in [6.45, 7) is 4.33. The van der Waals surface area contributed by atoms with Crippen molar-refractivity contribution in [3.8, 4) is 0 Å². The molecule has 3 heterocycles. The molecule has 0 bridgehead atoms. The van der Waals surface area contributed by atoms with E-state index in [9.17, 15) is 0 Å². The Morgan fingerprint density at radius 1 is 1.47 bits per heavy atom. The third-order valence-electron chi connectivity index (χ3n) is 3.11. The van der Waals surface area contributed by atoms with Gasteiger partial charge in [0.05, 0.1) is 0 Å². The molecule has 0 aromatic carbocycles. The van der Waals surface area contributed by atoms with Crippen molar-refractivity contribution in [3.63, 3.8) is 0 Å². The fourth-order valence-corrected chi connectivity index (χ4v) is 3.33. The lowest BCUT2D eigenvalue weighted by Crippen LogP contribution is -2.07. The minimum atomic E-state index is 0.697. The summed E-state index contributed by atoms with van der Waals surface area (Å²) in [6.07, 6.45) is 1.26. The third kappa shape index (κ3) is 1.56. The van der Waals surface area contributed by atoms with Crippen molar-refractivity contribution in [2.75, 3.05) is 13.1 Å². The highest BCUT2D eigenvalue weighted by Gasteiger charge is 2.19. The van der Waals surface area contributed by atoms with Crippen LogP contribution in [0.2, 0.25) is 0 Å². The molecule has 78 valence electrons. The maximum atomic E-state index is 4.57. The molecule has 0 radical (unpaired) electrons. The maximum absolute atomic E-state index is 4.57. The van der Waals surface area contributed by atoms with Gasteiger partial charge >= 0.3 is 0 Å². The molecule has 1 unspecified atom stereocenters. The summed E-state index contributed by atoms with van der Waals surface area (Å²) in [6, 6.07) is 4.34. The number of thiophene rings is 1. The molecule has 2 aromatic rings. The second kappa shape index (κ2) is 3.58. The molecule has 2 nitrogen and oxygen atoms in total. The molecule has 15 heavy (non-hydrogen) atoms. The van der Waals surface area contributed by atoms with Crippen molar-refractivity contribution < 1.29 is 0 Å². The quantitative estimate of drug-likeness (QED) is 0.796. The number of nitrogens with zero attached hydrogens (tertiary/aromatic N) is 1. The minimum absolute atomic E-state index is 0.697. The molecule has 0 aliphatic carbocycles. The molecule has 0 spiro atoms. The molecule has 2 aromatic heterocycles. The van der Waals surface area contributed by atoms with Crippen LogP contribution in [0.1, 0.15) is 23.6 Å². The number of fused-ring (bicyclic) bond motifs is 1. The zero-order valence-corrected chi connectivity index (χ0v) is 9.60. The van der Waals surface area contributed by atoms with Crippen molar-refractivity contribution >= 4 is 21.6 Å². The predicted octanol–water partition coefficient (Wildman–Crippen LogP) is 2.68. The first-order valence-corrected chi connectivity index (χ1v) is 6.28. The average molecular weight is 218 g/mol. The first-order valence-electron chi connectivity index (χ1n) is 5.40. The number of aryl methyl sites for hydroxylation is 1. The molecule has 1 saturated heterocycles. The fraction of sp³-hybridized carbons (Fsp3) is 0.417. The van der Waals surface area contributed by atoms with Gasteiger partial charge in [0.2, 0.25) is 0 Å². The van der Waals surface area contributed by atoms with Gasteiger partial charge in [0, 0.05) is 17.6 Å². The van der Waals surface area contributed by atoms with Gasteiger partial charge in [0.15, 0.2) is 0 Å². The van der Waals surface area contributed by atoms with Crippen molar-refractivity contribution in [1.29, 1.82) is 0 Å². The lowest BCUT2D eigenvalue weighted by atomic mass is 9.99. The zero-order chi connectivity index (χ0) is 10.3. The summed E-state index contributed by atoms with van der Waals surface area (Å²) in [7, 11) is 0. The van der Waals surface area contributed by atoms with Crippen molar-refractivity contribution in [3.05, 3.63) is 28.8 Å². The van der Waals surface area contributed by atoms with E-state index in [1.165, 1.54) is 22.2 Å². The Kier molecular flexibility index (Phi) is 2.22. The van der Waals surface area contributed by atoms with Crippen LogP contribution in [-0.2, 0) is 0 Å². The summed E-state index contributed by atoms with van der Waals surface area (Å²) >= 11 is 1.78. The van der Waals surface area contributed by atoms with Crippen molar-refractivity contribution in [1.82, 2.24) is 10.3 Å². The molecule has 3 rings (SSSR count). The van der Waals surface area contributed by atoms with Crippen molar-refractivity contribution in [2.24, 2.45) is 0 Å². The molecule has 3 heteroatoms. The van der Waals surface area contributed by atoms with Gasteiger partial charge in [-0.2, -0.15) is 0 Å². The Balaban J connectivity index is 2.11. The Hall–Kier alpha value is -0.930. The maximum Gasteiger partial charge on any atom is 0.123 e. The summed E-state index contributed by atoms with van der Waals surface area (Å²) in [5.41, 5.74) is 2.60. The Morgan fingerprint density at radius 2 is 2.40 bits per heavy atom. The average Bonchev–Trinajstić information content (AvgIpc) is 2.82. The van der Waals surface area contributed by atoms with Crippen LogP contribution in [0.4, 0.5) is 0 Å². The number of nitrogens with one attached hydrogen (secondary N) is 1. The molecule has 1 atom stereocenters. The van der Waals surface area contributed by atoms with E-state index in [-0.39, 0.29) is 0 Å². The monoisotopic (exact) mass is 218 g/mol. The summed E-state index contributed by atoms with van der Waals surface area (Å²) in [4.78, 5) is 5.76. The van der Waals surface area contributed by atoms with E-state index < -0.39 is 0 Å².